The van der Waals surface area contributed by atoms with Crippen LogP contribution in [0.2, 0.25) is 0 Å². The third-order valence-corrected chi connectivity index (χ3v) is 6.44. The Hall–Kier alpha value is -3.06. The molecule has 0 aliphatic rings. The van der Waals surface area contributed by atoms with Crippen molar-refractivity contribution < 1.29 is 8.78 Å². The second kappa shape index (κ2) is 8.47. The Morgan fingerprint density at radius 1 is 0.688 bits per heavy atom. The highest BCUT2D eigenvalue weighted by Gasteiger charge is 2.41. The topological polar surface area (TPSA) is 17.8 Å². The van der Waals surface area contributed by atoms with Gasteiger partial charge in [-0.05, 0) is 57.5 Å². The maximum absolute atomic E-state index is 14.2. The summed E-state index contributed by atoms with van der Waals surface area (Å²) in [4.78, 5) is 0. The predicted molar refractivity (Wildman–Crippen MR) is 132 cm³/mol. The van der Waals surface area contributed by atoms with Gasteiger partial charge in [-0.3, -0.25) is 0 Å². The van der Waals surface area contributed by atoms with Gasteiger partial charge in [-0.25, -0.2) is 13.5 Å². The van der Waals surface area contributed by atoms with Gasteiger partial charge < -0.3 is 0 Å². The molecule has 0 aliphatic carbocycles. The SMILES string of the molecule is FC(F)c1nn(C(c2ccccc2)(c2ccccc2)c2ccccc2)c2ccc(I)cc12. The van der Waals surface area contributed by atoms with Crippen LogP contribution in [0.15, 0.2) is 109 Å². The lowest BCUT2D eigenvalue weighted by atomic mass is 9.77. The lowest BCUT2D eigenvalue weighted by Gasteiger charge is -2.37. The van der Waals surface area contributed by atoms with Crippen molar-refractivity contribution in [3.8, 4) is 0 Å². The summed E-state index contributed by atoms with van der Waals surface area (Å²) in [5, 5.41) is 5.07. The molecule has 5 heteroatoms. The maximum atomic E-state index is 14.2. The fraction of sp³-hybridized carbons (Fsp3) is 0.0741. The molecule has 1 aromatic heterocycles. The molecule has 0 amide bonds. The Bertz CT molecular complexity index is 1250. The fourth-order valence-corrected chi connectivity index (χ4v) is 4.93. The first-order chi connectivity index (χ1) is 15.6. The van der Waals surface area contributed by atoms with Crippen molar-refractivity contribution in [1.82, 2.24) is 9.78 Å². The van der Waals surface area contributed by atoms with E-state index in [1.165, 1.54) is 0 Å². The van der Waals surface area contributed by atoms with Crippen LogP contribution in [0.3, 0.4) is 0 Å². The summed E-state index contributed by atoms with van der Waals surface area (Å²) in [6.45, 7) is 0. The number of nitrogens with zero attached hydrogens (tertiary/aromatic N) is 2. The van der Waals surface area contributed by atoms with Crippen LogP contribution >= 0.6 is 22.6 Å². The zero-order valence-electron chi connectivity index (χ0n) is 17.0. The van der Waals surface area contributed by atoms with Crippen LogP contribution in [0.5, 0.6) is 0 Å². The molecule has 0 radical (unpaired) electrons. The average molecular weight is 536 g/mol. The first-order valence-electron chi connectivity index (χ1n) is 10.3. The number of hydrogen-bond acceptors (Lipinski definition) is 1. The number of halogens is 3. The van der Waals surface area contributed by atoms with E-state index < -0.39 is 12.0 Å². The third-order valence-electron chi connectivity index (χ3n) is 5.77. The summed E-state index contributed by atoms with van der Waals surface area (Å²) in [7, 11) is 0. The van der Waals surface area contributed by atoms with Gasteiger partial charge in [0, 0.05) is 8.96 Å². The van der Waals surface area contributed by atoms with Crippen LogP contribution in [-0.2, 0) is 5.54 Å². The molecular formula is C27H19F2IN2. The molecular weight excluding hydrogens is 517 g/mol. The van der Waals surface area contributed by atoms with Crippen molar-refractivity contribution in [1.29, 1.82) is 0 Å². The smallest absolute Gasteiger partial charge is 0.245 e. The van der Waals surface area contributed by atoms with E-state index in [1.807, 2.05) is 103 Å². The summed E-state index contributed by atoms with van der Waals surface area (Å²) in [6.07, 6.45) is -2.68. The zero-order valence-corrected chi connectivity index (χ0v) is 19.2. The Kier molecular flexibility index (Phi) is 5.51. The lowest BCUT2D eigenvalue weighted by Crippen LogP contribution is -2.38. The van der Waals surface area contributed by atoms with E-state index >= 15 is 0 Å². The molecule has 5 aromatic rings. The van der Waals surface area contributed by atoms with Gasteiger partial charge in [0.25, 0.3) is 6.43 Å². The minimum Gasteiger partial charge on any atom is -0.245 e. The van der Waals surface area contributed by atoms with Gasteiger partial charge in [0.2, 0.25) is 0 Å². The van der Waals surface area contributed by atoms with Gasteiger partial charge in [-0.15, -0.1) is 0 Å². The van der Waals surface area contributed by atoms with Crippen LogP contribution in [0.25, 0.3) is 10.9 Å². The molecule has 2 nitrogen and oxygen atoms in total. The number of hydrogen-bond donors (Lipinski definition) is 0. The van der Waals surface area contributed by atoms with Gasteiger partial charge in [0.1, 0.15) is 11.2 Å². The van der Waals surface area contributed by atoms with Crippen molar-refractivity contribution in [3.63, 3.8) is 0 Å². The summed E-state index contributed by atoms with van der Waals surface area (Å²) in [6, 6.07) is 35.5. The van der Waals surface area contributed by atoms with Gasteiger partial charge >= 0.3 is 0 Å². The van der Waals surface area contributed by atoms with E-state index in [2.05, 4.69) is 27.7 Å². The van der Waals surface area contributed by atoms with Gasteiger partial charge in [-0.1, -0.05) is 91.0 Å². The number of benzene rings is 4. The minimum absolute atomic E-state index is 0.203. The van der Waals surface area contributed by atoms with Crippen molar-refractivity contribution in [2.24, 2.45) is 0 Å². The predicted octanol–water partition coefficient (Wildman–Crippen LogP) is 7.42. The third kappa shape index (κ3) is 3.32. The Balaban J connectivity index is 1.99. The molecule has 0 N–H and O–H groups in total. The molecule has 158 valence electrons. The molecule has 0 saturated heterocycles. The summed E-state index contributed by atoms with van der Waals surface area (Å²) in [5.41, 5.74) is 2.37. The van der Waals surface area contributed by atoms with E-state index in [9.17, 15) is 8.78 Å². The first kappa shape index (κ1) is 20.8. The van der Waals surface area contributed by atoms with Crippen LogP contribution in [0.4, 0.5) is 8.78 Å². The largest absolute Gasteiger partial charge is 0.282 e. The highest BCUT2D eigenvalue weighted by Crippen LogP contribution is 2.43. The van der Waals surface area contributed by atoms with Crippen molar-refractivity contribution in [3.05, 3.63) is 135 Å². The average Bonchev–Trinajstić information content (AvgIpc) is 3.21. The maximum Gasteiger partial charge on any atom is 0.282 e. The molecule has 1 heterocycles. The van der Waals surface area contributed by atoms with E-state index in [0.717, 1.165) is 20.3 Å². The second-order valence-corrected chi connectivity index (χ2v) is 8.81. The first-order valence-corrected chi connectivity index (χ1v) is 11.3. The van der Waals surface area contributed by atoms with Crippen molar-refractivity contribution in [2.75, 3.05) is 0 Å². The molecule has 0 fully saturated rings. The van der Waals surface area contributed by atoms with E-state index in [1.54, 1.807) is 10.7 Å². The quantitative estimate of drug-likeness (QED) is 0.169. The molecule has 0 aliphatic heterocycles. The number of alkyl halides is 2. The normalized spacial score (nSPS) is 11.9. The Morgan fingerprint density at radius 2 is 1.16 bits per heavy atom. The summed E-state index contributed by atoms with van der Waals surface area (Å²) >= 11 is 2.15. The molecule has 4 aromatic carbocycles. The monoisotopic (exact) mass is 536 g/mol. The minimum atomic E-state index is -2.68. The van der Waals surface area contributed by atoms with Gasteiger partial charge in [0.05, 0.1) is 5.52 Å². The highest BCUT2D eigenvalue weighted by molar-refractivity contribution is 14.1. The van der Waals surface area contributed by atoms with Crippen molar-refractivity contribution >= 4 is 33.5 Å². The number of rotatable bonds is 5. The second-order valence-electron chi connectivity index (χ2n) is 7.57. The molecule has 5 rings (SSSR count). The molecule has 32 heavy (non-hydrogen) atoms. The molecule has 0 bridgehead atoms. The number of fused-ring (bicyclic) bond motifs is 1. The molecule has 0 saturated carbocycles. The van der Waals surface area contributed by atoms with E-state index in [0.29, 0.717) is 10.9 Å². The van der Waals surface area contributed by atoms with Gasteiger partial charge in [-0.2, -0.15) is 5.10 Å². The summed E-state index contributed by atoms with van der Waals surface area (Å²) in [5.74, 6) is 0. The molecule has 0 atom stereocenters. The van der Waals surface area contributed by atoms with E-state index in [4.69, 9.17) is 0 Å². The van der Waals surface area contributed by atoms with Crippen LogP contribution < -0.4 is 0 Å². The summed E-state index contributed by atoms with van der Waals surface area (Å²) < 4.78 is 31.0. The van der Waals surface area contributed by atoms with Crippen LogP contribution in [-0.4, -0.2) is 9.78 Å². The van der Waals surface area contributed by atoms with E-state index in [-0.39, 0.29) is 5.69 Å². The standard InChI is InChI=1S/C27H19F2IN2/c28-26(29)25-23-18-22(30)16-17-24(23)32(31-25)27(19-10-4-1-5-11-19,20-12-6-2-7-13-20)21-14-8-3-9-15-21/h1-18,26H. The Labute approximate surface area is 198 Å². The number of aromatic nitrogens is 2. The molecule has 0 spiro atoms. The van der Waals surface area contributed by atoms with Crippen LogP contribution in [0, 0.1) is 3.57 Å². The zero-order chi connectivity index (χ0) is 22.1. The highest BCUT2D eigenvalue weighted by atomic mass is 127. The fourth-order valence-electron chi connectivity index (χ4n) is 4.44. The molecule has 0 unspecified atom stereocenters. The lowest BCUT2D eigenvalue weighted by molar-refractivity contribution is 0.146. The van der Waals surface area contributed by atoms with Crippen molar-refractivity contribution in [2.45, 2.75) is 12.0 Å². The van der Waals surface area contributed by atoms with Gasteiger partial charge in [0.15, 0.2) is 0 Å². The van der Waals surface area contributed by atoms with Crippen LogP contribution in [0.1, 0.15) is 28.8 Å². The Morgan fingerprint density at radius 3 is 1.59 bits per heavy atom.